The van der Waals surface area contributed by atoms with Gasteiger partial charge in [-0.3, -0.25) is 0 Å². The molecule has 0 spiro atoms. The number of hydrogen-bond donors (Lipinski definition) is 0. The molecular weight excluding hydrogens is 103 g/mol. The highest BCUT2D eigenvalue weighted by atomic mass is 19.1. The van der Waals surface area contributed by atoms with Crippen molar-refractivity contribution in [3.05, 3.63) is 36.2 Å². The van der Waals surface area contributed by atoms with Crippen LogP contribution in [0, 0.1) is 0 Å². The summed E-state index contributed by atoms with van der Waals surface area (Å²) in [6, 6.07) is 0. The molecule has 0 aromatic heterocycles. The summed E-state index contributed by atoms with van der Waals surface area (Å²) in [5, 5.41) is 0. The normalized spacial score (nSPS) is 18.6. The predicted octanol–water partition coefficient (Wildman–Crippen LogP) is 2.36. The van der Waals surface area contributed by atoms with Crippen LogP contribution in [0.5, 0.6) is 0 Å². The molecule has 0 aromatic rings. The molecule has 0 aliphatic heterocycles. The summed E-state index contributed by atoms with van der Waals surface area (Å²) >= 11 is 0. The van der Waals surface area contributed by atoms with Gasteiger partial charge in [-0.2, -0.15) is 0 Å². The van der Waals surface area contributed by atoms with E-state index in [0.29, 0.717) is 0 Å². The second-order valence-electron chi connectivity index (χ2n) is 1.79. The SMILES string of the molecule is C=C1C=C(F)C=CC1. The number of hydrogen-bond acceptors (Lipinski definition) is 0. The Hall–Kier alpha value is -0.850. The molecule has 0 aromatic carbocycles. The van der Waals surface area contributed by atoms with Gasteiger partial charge in [-0.05, 0) is 24.1 Å². The van der Waals surface area contributed by atoms with Gasteiger partial charge in [0.2, 0.25) is 0 Å². The van der Waals surface area contributed by atoms with E-state index in [1.54, 1.807) is 6.08 Å². The van der Waals surface area contributed by atoms with E-state index in [1.165, 1.54) is 12.2 Å². The Morgan fingerprint density at radius 2 is 2.38 bits per heavy atom. The van der Waals surface area contributed by atoms with E-state index in [-0.39, 0.29) is 5.83 Å². The third-order valence-electron chi connectivity index (χ3n) is 0.999. The van der Waals surface area contributed by atoms with E-state index >= 15 is 0 Å². The molecule has 0 amide bonds. The molecule has 0 nitrogen and oxygen atoms in total. The van der Waals surface area contributed by atoms with Crippen molar-refractivity contribution in [3.8, 4) is 0 Å². The second-order valence-corrected chi connectivity index (χ2v) is 1.79. The summed E-state index contributed by atoms with van der Waals surface area (Å²) in [6.45, 7) is 3.60. The van der Waals surface area contributed by atoms with Gasteiger partial charge in [0.25, 0.3) is 0 Å². The smallest absolute Gasteiger partial charge is 0.123 e. The minimum absolute atomic E-state index is 0.193. The molecule has 1 aliphatic rings. The topological polar surface area (TPSA) is 0 Å². The molecule has 0 saturated carbocycles. The fraction of sp³-hybridized carbons (Fsp3) is 0.143. The molecule has 8 heavy (non-hydrogen) atoms. The van der Waals surface area contributed by atoms with Crippen LogP contribution in [-0.4, -0.2) is 0 Å². The van der Waals surface area contributed by atoms with Gasteiger partial charge in [0.05, 0.1) is 0 Å². The monoisotopic (exact) mass is 110 g/mol. The van der Waals surface area contributed by atoms with E-state index < -0.39 is 0 Å². The molecule has 1 aliphatic carbocycles. The van der Waals surface area contributed by atoms with Crippen LogP contribution in [-0.2, 0) is 0 Å². The van der Waals surface area contributed by atoms with Gasteiger partial charge in [0.15, 0.2) is 0 Å². The van der Waals surface area contributed by atoms with Crippen LogP contribution in [0.15, 0.2) is 36.2 Å². The highest BCUT2D eigenvalue weighted by Crippen LogP contribution is 2.13. The Kier molecular flexibility index (Phi) is 1.29. The molecule has 0 unspecified atom stereocenters. The van der Waals surface area contributed by atoms with Crippen LogP contribution in [0.25, 0.3) is 0 Å². The van der Waals surface area contributed by atoms with Gasteiger partial charge in [0.1, 0.15) is 5.83 Å². The summed E-state index contributed by atoms with van der Waals surface area (Å²) in [7, 11) is 0. The first kappa shape index (κ1) is 5.29. The number of allylic oxidation sites excluding steroid dienone is 5. The molecule has 0 fully saturated rings. The molecular formula is C7H7F. The first-order chi connectivity index (χ1) is 3.79. The number of halogens is 1. The van der Waals surface area contributed by atoms with Gasteiger partial charge in [-0.1, -0.05) is 12.7 Å². The lowest BCUT2D eigenvalue weighted by Gasteiger charge is -1.98. The molecule has 0 radical (unpaired) electrons. The van der Waals surface area contributed by atoms with Gasteiger partial charge in [-0.15, -0.1) is 0 Å². The second kappa shape index (κ2) is 1.95. The lowest BCUT2D eigenvalue weighted by molar-refractivity contribution is 0.662. The average molecular weight is 110 g/mol. The third-order valence-corrected chi connectivity index (χ3v) is 0.999. The highest BCUT2D eigenvalue weighted by Gasteiger charge is 1.95. The van der Waals surface area contributed by atoms with Crippen molar-refractivity contribution < 1.29 is 4.39 Å². The summed E-state index contributed by atoms with van der Waals surface area (Å²) < 4.78 is 12.1. The Bertz CT molecular complexity index is 163. The average Bonchev–Trinajstić information content (AvgIpc) is 1.64. The third kappa shape index (κ3) is 1.06. The van der Waals surface area contributed by atoms with Crippen molar-refractivity contribution in [2.24, 2.45) is 0 Å². The van der Waals surface area contributed by atoms with Gasteiger partial charge in [0, 0.05) is 0 Å². The molecule has 0 bridgehead atoms. The molecule has 1 rings (SSSR count). The van der Waals surface area contributed by atoms with Crippen molar-refractivity contribution in [2.75, 3.05) is 0 Å². The van der Waals surface area contributed by atoms with Crippen LogP contribution in [0.2, 0.25) is 0 Å². The predicted molar refractivity (Wildman–Crippen MR) is 32.1 cm³/mol. The summed E-state index contributed by atoms with van der Waals surface area (Å²) in [6.07, 6.45) is 5.44. The Morgan fingerprint density at radius 3 is 2.75 bits per heavy atom. The van der Waals surface area contributed by atoms with Crippen LogP contribution < -0.4 is 0 Å². The molecule has 0 saturated heterocycles. The van der Waals surface area contributed by atoms with Gasteiger partial charge >= 0.3 is 0 Å². The lowest BCUT2D eigenvalue weighted by atomic mass is 10.1. The molecule has 0 atom stereocenters. The quantitative estimate of drug-likeness (QED) is 0.449. The minimum Gasteiger partial charge on any atom is -0.207 e. The zero-order chi connectivity index (χ0) is 5.98. The fourth-order valence-electron chi connectivity index (χ4n) is 0.625. The van der Waals surface area contributed by atoms with Crippen molar-refractivity contribution in [1.29, 1.82) is 0 Å². The highest BCUT2D eigenvalue weighted by molar-refractivity contribution is 5.30. The van der Waals surface area contributed by atoms with Crippen molar-refractivity contribution in [2.45, 2.75) is 6.42 Å². The Morgan fingerprint density at radius 1 is 1.62 bits per heavy atom. The maximum atomic E-state index is 12.1. The van der Waals surface area contributed by atoms with Crippen LogP contribution in [0.4, 0.5) is 4.39 Å². The minimum atomic E-state index is -0.193. The largest absolute Gasteiger partial charge is 0.207 e. The van der Waals surface area contributed by atoms with Gasteiger partial charge in [-0.25, -0.2) is 4.39 Å². The molecule has 0 heterocycles. The lowest BCUT2D eigenvalue weighted by Crippen LogP contribution is -1.79. The zero-order valence-electron chi connectivity index (χ0n) is 4.52. The van der Waals surface area contributed by atoms with Crippen molar-refractivity contribution in [1.82, 2.24) is 0 Å². The van der Waals surface area contributed by atoms with Gasteiger partial charge < -0.3 is 0 Å². The fourth-order valence-corrected chi connectivity index (χ4v) is 0.625. The van der Waals surface area contributed by atoms with Crippen LogP contribution >= 0.6 is 0 Å². The molecule has 0 N–H and O–H groups in total. The van der Waals surface area contributed by atoms with E-state index in [1.807, 2.05) is 0 Å². The Labute approximate surface area is 48.0 Å². The molecule has 1 heteroatoms. The van der Waals surface area contributed by atoms with E-state index in [2.05, 4.69) is 6.58 Å². The summed E-state index contributed by atoms with van der Waals surface area (Å²) in [5.41, 5.74) is 0.838. The maximum absolute atomic E-state index is 12.1. The van der Waals surface area contributed by atoms with E-state index in [4.69, 9.17) is 0 Å². The zero-order valence-corrected chi connectivity index (χ0v) is 4.52. The van der Waals surface area contributed by atoms with Crippen molar-refractivity contribution in [3.63, 3.8) is 0 Å². The standard InChI is InChI=1S/C7H7F/c1-6-3-2-4-7(8)5-6/h2,4-5H,1,3H2. The van der Waals surface area contributed by atoms with Crippen LogP contribution in [0.3, 0.4) is 0 Å². The maximum Gasteiger partial charge on any atom is 0.123 e. The summed E-state index contributed by atoms with van der Waals surface area (Å²) in [4.78, 5) is 0. The van der Waals surface area contributed by atoms with E-state index in [0.717, 1.165) is 12.0 Å². The van der Waals surface area contributed by atoms with Crippen LogP contribution in [0.1, 0.15) is 6.42 Å². The first-order valence-electron chi connectivity index (χ1n) is 2.50. The Balaban J connectivity index is 2.77. The number of rotatable bonds is 0. The first-order valence-corrected chi connectivity index (χ1v) is 2.50. The summed E-state index contributed by atoms with van der Waals surface area (Å²) in [5.74, 6) is -0.193. The van der Waals surface area contributed by atoms with E-state index in [9.17, 15) is 4.39 Å². The van der Waals surface area contributed by atoms with Crippen molar-refractivity contribution >= 4 is 0 Å². The molecule has 42 valence electrons.